The monoisotopic (exact) mass is 193 g/mol. The number of aromatic nitrogens is 2. The number of hydrogen-bond donors (Lipinski definition) is 1. The van der Waals surface area contributed by atoms with Crippen molar-refractivity contribution < 1.29 is 0 Å². The molecule has 14 heavy (non-hydrogen) atoms. The molecule has 0 spiro atoms. The van der Waals surface area contributed by atoms with Crippen LogP contribution in [0.15, 0.2) is 18.6 Å². The summed E-state index contributed by atoms with van der Waals surface area (Å²) >= 11 is 0. The molecule has 0 aliphatic rings. The molecule has 0 bridgehead atoms. The Bertz CT molecular complexity index is 276. The lowest BCUT2D eigenvalue weighted by molar-refractivity contribution is 0.673. The molecule has 0 aromatic carbocycles. The van der Waals surface area contributed by atoms with Crippen molar-refractivity contribution >= 4 is 6.08 Å². The molecule has 1 N–H and O–H groups in total. The average Bonchev–Trinajstić information content (AvgIpc) is 2.61. The van der Waals surface area contributed by atoms with Crippen LogP contribution in [-0.2, 0) is 6.54 Å². The summed E-state index contributed by atoms with van der Waals surface area (Å²) in [6, 6.07) is 0. The molecular weight excluding hydrogens is 174 g/mol. The first-order chi connectivity index (χ1) is 6.88. The lowest BCUT2D eigenvalue weighted by Gasteiger charge is -2.01. The van der Waals surface area contributed by atoms with E-state index in [2.05, 4.69) is 40.9 Å². The van der Waals surface area contributed by atoms with E-state index in [4.69, 9.17) is 0 Å². The van der Waals surface area contributed by atoms with Crippen LogP contribution in [0.4, 0.5) is 0 Å². The highest BCUT2D eigenvalue weighted by molar-refractivity contribution is 5.43. The molecule has 1 aromatic heterocycles. The fourth-order valence-corrected chi connectivity index (χ4v) is 1.30. The van der Waals surface area contributed by atoms with Crippen LogP contribution in [0.2, 0.25) is 0 Å². The number of rotatable bonds is 6. The second-order valence-electron chi connectivity index (χ2n) is 3.22. The molecule has 1 aromatic rings. The van der Waals surface area contributed by atoms with Crippen LogP contribution < -0.4 is 5.32 Å². The third kappa shape index (κ3) is 3.34. The number of imidazole rings is 1. The van der Waals surface area contributed by atoms with Gasteiger partial charge in [0, 0.05) is 13.1 Å². The second kappa shape index (κ2) is 6.38. The van der Waals surface area contributed by atoms with Gasteiger partial charge >= 0.3 is 0 Å². The number of nitrogens with zero attached hydrogens (tertiary/aromatic N) is 2. The van der Waals surface area contributed by atoms with Gasteiger partial charge in [0.1, 0.15) is 0 Å². The standard InChI is InChI=1S/C11H19N3/c1-3-8-14-10-13-9-11(14)6-5-7-12-4-2/h5-6,9-10,12H,3-4,7-8H2,1-2H3. The van der Waals surface area contributed by atoms with Crippen LogP contribution in [-0.4, -0.2) is 22.6 Å². The van der Waals surface area contributed by atoms with Crippen molar-refractivity contribution in [3.05, 3.63) is 24.3 Å². The molecule has 1 heterocycles. The van der Waals surface area contributed by atoms with Crippen molar-refractivity contribution in [1.82, 2.24) is 14.9 Å². The summed E-state index contributed by atoms with van der Waals surface area (Å²) in [4.78, 5) is 4.13. The number of nitrogens with one attached hydrogen (secondary N) is 1. The molecule has 0 aliphatic heterocycles. The molecule has 3 nitrogen and oxygen atoms in total. The third-order valence-electron chi connectivity index (χ3n) is 2.01. The van der Waals surface area contributed by atoms with Gasteiger partial charge in [-0.2, -0.15) is 0 Å². The van der Waals surface area contributed by atoms with Gasteiger partial charge in [-0.1, -0.05) is 19.9 Å². The van der Waals surface area contributed by atoms with Crippen LogP contribution in [0, 0.1) is 0 Å². The highest BCUT2D eigenvalue weighted by Crippen LogP contribution is 2.02. The van der Waals surface area contributed by atoms with Crippen LogP contribution >= 0.6 is 0 Å². The SMILES string of the molecule is CCCn1cncc1C=CCNCC. The van der Waals surface area contributed by atoms with E-state index in [0.717, 1.165) is 26.1 Å². The molecule has 0 aliphatic carbocycles. The number of aryl methyl sites for hydroxylation is 1. The Hall–Kier alpha value is -1.09. The maximum absolute atomic E-state index is 4.13. The van der Waals surface area contributed by atoms with Crippen LogP contribution in [0.1, 0.15) is 26.0 Å². The number of hydrogen-bond acceptors (Lipinski definition) is 2. The van der Waals surface area contributed by atoms with E-state index in [9.17, 15) is 0 Å². The van der Waals surface area contributed by atoms with Crippen molar-refractivity contribution in [2.75, 3.05) is 13.1 Å². The summed E-state index contributed by atoms with van der Waals surface area (Å²) in [6.45, 7) is 7.26. The molecule has 78 valence electrons. The fourth-order valence-electron chi connectivity index (χ4n) is 1.30. The Morgan fingerprint density at radius 2 is 2.36 bits per heavy atom. The molecule has 0 saturated heterocycles. The van der Waals surface area contributed by atoms with Gasteiger partial charge in [-0.25, -0.2) is 4.98 Å². The van der Waals surface area contributed by atoms with Gasteiger partial charge in [0.15, 0.2) is 0 Å². The summed E-state index contributed by atoms with van der Waals surface area (Å²) in [6.07, 6.45) is 9.18. The highest BCUT2D eigenvalue weighted by atomic mass is 15.0. The molecule has 0 radical (unpaired) electrons. The molecule has 0 unspecified atom stereocenters. The molecule has 0 fully saturated rings. The molecule has 1 rings (SSSR count). The van der Waals surface area contributed by atoms with E-state index in [0.29, 0.717) is 0 Å². The zero-order chi connectivity index (χ0) is 10.2. The van der Waals surface area contributed by atoms with E-state index in [-0.39, 0.29) is 0 Å². The highest BCUT2D eigenvalue weighted by Gasteiger charge is 1.95. The summed E-state index contributed by atoms with van der Waals surface area (Å²) in [7, 11) is 0. The van der Waals surface area contributed by atoms with E-state index < -0.39 is 0 Å². The Morgan fingerprint density at radius 1 is 1.50 bits per heavy atom. The zero-order valence-corrected chi connectivity index (χ0v) is 9.03. The van der Waals surface area contributed by atoms with Crippen LogP contribution in [0.25, 0.3) is 6.08 Å². The smallest absolute Gasteiger partial charge is 0.0950 e. The van der Waals surface area contributed by atoms with Gasteiger partial charge in [0.25, 0.3) is 0 Å². The van der Waals surface area contributed by atoms with E-state index in [1.54, 1.807) is 0 Å². The summed E-state index contributed by atoms with van der Waals surface area (Å²) < 4.78 is 2.17. The Labute approximate surface area is 85.8 Å². The van der Waals surface area contributed by atoms with Gasteiger partial charge in [-0.05, 0) is 19.0 Å². The van der Waals surface area contributed by atoms with Gasteiger partial charge in [0.05, 0.1) is 18.2 Å². The molecule has 3 heteroatoms. The minimum atomic E-state index is 0.924. The largest absolute Gasteiger partial charge is 0.331 e. The molecule has 0 saturated carbocycles. The quantitative estimate of drug-likeness (QED) is 0.699. The Morgan fingerprint density at radius 3 is 3.07 bits per heavy atom. The summed E-state index contributed by atoms with van der Waals surface area (Å²) in [5.74, 6) is 0. The zero-order valence-electron chi connectivity index (χ0n) is 9.03. The van der Waals surface area contributed by atoms with Crippen LogP contribution in [0.3, 0.4) is 0 Å². The van der Waals surface area contributed by atoms with Gasteiger partial charge in [-0.15, -0.1) is 0 Å². The van der Waals surface area contributed by atoms with Crippen molar-refractivity contribution in [3.8, 4) is 0 Å². The van der Waals surface area contributed by atoms with Gasteiger partial charge in [0.2, 0.25) is 0 Å². The first kappa shape index (κ1) is 11.0. The van der Waals surface area contributed by atoms with Crippen molar-refractivity contribution in [1.29, 1.82) is 0 Å². The van der Waals surface area contributed by atoms with Crippen molar-refractivity contribution in [2.24, 2.45) is 0 Å². The maximum atomic E-state index is 4.13. The molecule has 0 atom stereocenters. The topological polar surface area (TPSA) is 29.9 Å². The molecular formula is C11H19N3. The van der Waals surface area contributed by atoms with E-state index in [1.165, 1.54) is 5.69 Å². The van der Waals surface area contributed by atoms with E-state index >= 15 is 0 Å². The van der Waals surface area contributed by atoms with Gasteiger partial charge in [-0.3, -0.25) is 0 Å². The third-order valence-corrected chi connectivity index (χ3v) is 2.01. The predicted octanol–water partition coefficient (Wildman–Crippen LogP) is 1.92. The van der Waals surface area contributed by atoms with Crippen molar-refractivity contribution in [2.45, 2.75) is 26.8 Å². The molecule has 0 amide bonds. The first-order valence-electron chi connectivity index (χ1n) is 5.25. The van der Waals surface area contributed by atoms with Crippen molar-refractivity contribution in [3.63, 3.8) is 0 Å². The first-order valence-corrected chi connectivity index (χ1v) is 5.25. The average molecular weight is 193 g/mol. The lowest BCUT2D eigenvalue weighted by atomic mass is 10.3. The fraction of sp³-hybridized carbons (Fsp3) is 0.545. The normalized spacial score (nSPS) is 11.3. The maximum Gasteiger partial charge on any atom is 0.0950 e. The minimum Gasteiger partial charge on any atom is -0.331 e. The minimum absolute atomic E-state index is 0.924. The summed E-state index contributed by atoms with van der Waals surface area (Å²) in [5, 5.41) is 3.25. The Kier molecular flexibility index (Phi) is 5.00. The van der Waals surface area contributed by atoms with Gasteiger partial charge < -0.3 is 9.88 Å². The summed E-state index contributed by atoms with van der Waals surface area (Å²) in [5.41, 5.74) is 1.18. The predicted molar refractivity (Wildman–Crippen MR) is 60.1 cm³/mol. The second-order valence-corrected chi connectivity index (χ2v) is 3.22. The Balaban J connectivity index is 2.48. The number of likely N-dealkylation sites (N-methyl/N-ethyl adjacent to an activating group) is 1. The van der Waals surface area contributed by atoms with Crippen LogP contribution in [0.5, 0.6) is 0 Å². The lowest BCUT2D eigenvalue weighted by Crippen LogP contribution is -2.11. The van der Waals surface area contributed by atoms with E-state index in [1.807, 2.05) is 12.5 Å².